The Morgan fingerprint density at radius 1 is 1.27 bits per heavy atom. The number of benzene rings is 1. The lowest BCUT2D eigenvalue weighted by Gasteiger charge is -2.30. The second-order valence-electron chi connectivity index (χ2n) is 6.09. The predicted molar refractivity (Wildman–Crippen MR) is 84.4 cm³/mol. The van der Waals surface area contributed by atoms with Crippen LogP contribution in [0.3, 0.4) is 0 Å². The van der Waals surface area contributed by atoms with Gasteiger partial charge in [0.2, 0.25) is 0 Å². The van der Waals surface area contributed by atoms with E-state index >= 15 is 0 Å². The third-order valence-corrected chi connectivity index (χ3v) is 3.45. The molecule has 0 fully saturated rings. The Morgan fingerprint density at radius 3 is 2.50 bits per heavy atom. The third-order valence-electron chi connectivity index (χ3n) is 3.10. The van der Waals surface area contributed by atoms with E-state index in [4.69, 9.17) is 16.3 Å². The molecule has 2 rings (SSSR count). The van der Waals surface area contributed by atoms with Gasteiger partial charge in [0, 0.05) is 10.7 Å². The normalized spacial score (nSPS) is 18.6. The van der Waals surface area contributed by atoms with E-state index in [2.05, 4.69) is 10.6 Å². The summed E-state index contributed by atoms with van der Waals surface area (Å²) in [6, 6.07) is 6.06. The summed E-state index contributed by atoms with van der Waals surface area (Å²) in [5, 5.41) is 5.80. The van der Waals surface area contributed by atoms with Crippen molar-refractivity contribution in [2.45, 2.75) is 39.3 Å². The SMILES string of the molecule is CC1=C(C(=O)OC(C)(C)C)[C@H](c2ccccc2Cl)NC(=O)N1. The van der Waals surface area contributed by atoms with Crippen molar-refractivity contribution in [2.75, 3.05) is 0 Å². The number of carbonyl (C=O) groups is 2. The Bertz CT molecular complexity index is 647. The Labute approximate surface area is 134 Å². The summed E-state index contributed by atoms with van der Waals surface area (Å²) in [5.74, 6) is -0.484. The second kappa shape index (κ2) is 6.01. The van der Waals surface area contributed by atoms with Gasteiger partial charge in [0.25, 0.3) is 0 Å². The minimum atomic E-state index is -0.641. The van der Waals surface area contributed by atoms with E-state index in [1.54, 1.807) is 52.0 Å². The summed E-state index contributed by atoms with van der Waals surface area (Å²) in [5.41, 5.74) is 0.835. The number of halogens is 1. The zero-order chi connectivity index (χ0) is 16.5. The van der Waals surface area contributed by atoms with Gasteiger partial charge in [-0.25, -0.2) is 9.59 Å². The number of carbonyl (C=O) groups excluding carboxylic acids is 2. The zero-order valence-electron chi connectivity index (χ0n) is 13.0. The summed E-state index contributed by atoms with van der Waals surface area (Å²) in [4.78, 5) is 24.3. The first-order chi connectivity index (χ1) is 10.2. The average Bonchev–Trinajstić information content (AvgIpc) is 2.35. The van der Waals surface area contributed by atoms with Gasteiger partial charge in [0.05, 0.1) is 11.6 Å². The Kier molecular flexibility index (Phi) is 4.47. The lowest BCUT2D eigenvalue weighted by atomic mass is 9.95. The van der Waals surface area contributed by atoms with Crippen LogP contribution < -0.4 is 10.6 Å². The molecule has 0 aliphatic carbocycles. The fourth-order valence-electron chi connectivity index (χ4n) is 2.24. The van der Waals surface area contributed by atoms with Crippen LogP contribution in [0.25, 0.3) is 0 Å². The van der Waals surface area contributed by atoms with Crippen molar-refractivity contribution < 1.29 is 14.3 Å². The molecule has 22 heavy (non-hydrogen) atoms. The molecule has 1 atom stereocenters. The maximum absolute atomic E-state index is 12.5. The summed E-state index contributed by atoms with van der Waals surface area (Å²) < 4.78 is 5.44. The van der Waals surface area contributed by atoms with Gasteiger partial charge in [-0.3, -0.25) is 0 Å². The minimum absolute atomic E-state index is 0.350. The lowest BCUT2D eigenvalue weighted by molar-refractivity contribution is -0.150. The third kappa shape index (κ3) is 3.60. The summed E-state index contributed by atoms with van der Waals surface area (Å²) in [6.45, 7) is 7.04. The molecule has 118 valence electrons. The molecule has 1 aromatic rings. The largest absolute Gasteiger partial charge is 0.456 e. The molecule has 0 saturated heterocycles. The molecule has 0 unspecified atom stereocenters. The van der Waals surface area contributed by atoms with Crippen molar-refractivity contribution in [2.24, 2.45) is 0 Å². The highest BCUT2D eigenvalue weighted by atomic mass is 35.5. The fraction of sp³-hybridized carbons (Fsp3) is 0.375. The molecule has 1 aliphatic rings. The Hall–Kier alpha value is -2.01. The van der Waals surface area contributed by atoms with Crippen LogP contribution >= 0.6 is 11.6 Å². The van der Waals surface area contributed by atoms with Crippen LogP contribution in [0.5, 0.6) is 0 Å². The smallest absolute Gasteiger partial charge is 0.338 e. The number of nitrogens with one attached hydrogen (secondary N) is 2. The molecule has 0 aromatic heterocycles. The molecule has 1 aromatic carbocycles. The van der Waals surface area contributed by atoms with Crippen LogP contribution in [-0.4, -0.2) is 17.6 Å². The van der Waals surface area contributed by atoms with Gasteiger partial charge in [0.1, 0.15) is 5.60 Å². The van der Waals surface area contributed by atoms with Crippen molar-refractivity contribution in [1.29, 1.82) is 0 Å². The molecule has 2 amide bonds. The standard InChI is InChI=1S/C16H19ClN2O3/c1-9-12(14(20)22-16(2,3)4)13(19-15(21)18-9)10-7-5-6-8-11(10)17/h5-8,13H,1-4H3,(H2,18,19,21)/t13-/m0/s1. The van der Waals surface area contributed by atoms with Gasteiger partial charge >= 0.3 is 12.0 Å². The van der Waals surface area contributed by atoms with E-state index in [1.165, 1.54) is 0 Å². The molecule has 1 heterocycles. The number of amides is 2. The molecule has 0 spiro atoms. The lowest BCUT2D eigenvalue weighted by Crippen LogP contribution is -2.46. The van der Waals surface area contributed by atoms with Gasteiger partial charge in [-0.15, -0.1) is 0 Å². The van der Waals surface area contributed by atoms with Crippen LogP contribution in [0.2, 0.25) is 5.02 Å². The van der Waals surface area contributed by atoms with Gasteiger partial charge < -0.3 is 15.4 Å². The number of urea groups is 1. The first-order valence-corrected chi connectivity index (χ1v) is 7.33. The maximum atomic E-state index is 12.5. The van der Waals surface area contributed by atoms with Gasteiger partial charge in [-0.05, 0) is 39.3 Å². The maximum Gasteiger partial charge on any atom is 0.338 e. The number of esters is 1. The molecule has 0 radical (unpaired) electrons. The Morgan fingerprint density at radius 2 is 1.91 bits per heavy atom. The second-order valence-corrected chi connectivity index (χ2v) is 6.50. The monoisotopic (exact) mass is 322 g/mol. The zero-order valence-corrected chi connectivity index (χ0v) is 13.7. The number of hydrogen-bond donors (Lipinski definition) is 2. The quantitative estimate of drug-likeness (QED) is 0.821. The van der Waals surface area contributed by atoms with Gasteiger partial charge in [0.15, 0.2) is 0 Å². The topological polar surface area (TPSA) is 67.4 Å². The molecule has 5 nitrogen and oxygen atoms in total. The minimum Gasteiger partial charge on any atom is -0.456 e. The number of hydrogen-bond acceptors (Lipinski definition) is 3. The van der Waals surface area contributed by atoms with Crippen molar-refractivity contribution in [3.63, 3.8) is 0 Å². The van der Waals surface area contributed by atoms with E-state index in [1.807, 2.05) is 0 Å². The highest BCUT2D eigenvalue weighted by Crippen LogP contribution is 2.32. The summed E-state index contributed by atoms with van der Waals surface area (Å²) in [7, 11) is 0. The van der Waals surface area contributed by atoms with Crippen LogP contribution in [0.1, 0.15) is 39.3 Å². The Balaban J connectivity index is 2.46. The van der Waals surface area contributed by atoms with E-state index in [0.717, 1.165) is 0 Å². The number of rotatable bonds is 2. The van der Waals surface area contributed by atoms with Crippen LogP contribution in [0, 0.1) is 0 Å². The highest BCUT2D eigenvalue weighted by molar-refractivity contribution is 6.31. The first-order valence-electron chi connectivity index (χ1n) is 6.95. The molecule has 6 heteroatoms. The van der Waals surface area contributed by atoms with Crippen molar-refractivity contribution in [3.8, 4) is 0 Å². The van der Waals surface area contributed by atoms with Crippen molar-refractivity contribution >= 4 is 23.6 Å². The molecule has 1 aliphatic heterocycles. The van der Waals surface area contributed by atoms with Crippen LogP contribution in [0.15, 0.2) is 35.5 Å². The van der Waals surface area contributed by atoms with Crippen molar-refractivity contribution in [1.82, 2.24) is 10.6 Å². The molecule has 0 saturated carbocycles. The van der Waals surface area contributed by atoms with Gasteiger partial charge in [-0.2, -0.15) is 0 Å². The van der Waals surface area contributed by atoms with Crippen LogP contribution in [0.4, 0.5) is 4.79 Å². The van der Waals surface area contributed by atoms with E-state index in [9.17, 15) is 9.59 Å². The predicted octanol–water partition coefficient (Wildman–Crippen LogP) is 3.31. The fourth-order valence-corrected chi connectivity index (χ4v) is 2.48. The van der Waals surface area contributed by atoms with E-state index in [0.29, 0.717) is 21.9 Å². The van der Waals surface area contributed by atoms with Crippen LogP contribution in [-0.2, 0) is 9.53 Å². The van der Waals surface area contributed by atoms with Crippen molar-refractivity contribution in [3.05, 3.63) is 46.1 Å². The highest BCUT2D eigenvalue weighted by Gasteiger charge is 2.34. The molecular formula is C16H19ClN2O3. The van der Waals surface area contributed by atoms with E-state index < -0.39 is 17.6 Å². The molecular weight excluding hydrogens is 304 g/mol. The molecule has 0 bridgehead atoms. The number of ether oxygens (including phenoxy) is 1. The molecule has 2 N–H and O–H groups in total. The number of allylic oxidation sites excluding steroid dienone is 1. The van der Waals surface area contributed by atoms with Gasteiger partial charge in [-0.1, -0.05) is 29.8 Å². The van der Waals surface area contributed by atoms with E-state index in [-0.39, 0.29) is 6.03 Å². The summed E-state index contributed by atoms with van der Waals surface area (Å²) in [6.07, 6.45) is 0. The average molecular weight is 323 g/mol. The summed E-state index contributed by atoms with van der Waals surface area (Å²) >= 11 is 6.21. The first kappa shape index (κ1) is 16.4.